The molecule has 4 rings (SSSR count). The lowest BCUT2D eigenvalue weighted by molar-refractivity contribution is 0.283. The van der Waals surface area contributed by atoms with Crippen molar-refractivity contribution in [3.8, 4) is 5.75 Å². The van der Waals surface area contributed by atoms with Gasteiger partial charge in [-0.2, -0.15) is 0 Å². The molecule has 0 aliphatic carbocycles. The van der Waals surface area contributed by atoms with Crippen LogP contribution in [0.5, 0.6) is 5.75 Å². The van der Waals surface area contributed by atoms with Gasteiger partial charge >= 0.3 is 0 Å². The number of hydrogen-bond acceptors (Lipinski definition) is 3. The Hall–Kier alpha value is -3.07. The van der Waals surface area contributed by atoms with Gasteiger partial charge in [0.2, 0.25) is 0 Å². The van der Waals surface area contributed by atoms with Gasteiger partial charge in [-0.1, -0.05) is 78.9 Å². The minimum atomic E-state index is -0.397. The summed E-state index contributed by atoms with van der Waals surface area (Å²) in [4.78, 5) is 5.12. The van der Waals surface area contributed by atoms with E-state index in [1.165, 1.54) is 11.1 Å². The minimum absolute atomic E-state index is 0.0536. The van der Waals surface area contributed by atoms with E-state index in [4.69, 9.17) is 9.73 Å². The Balaban J connectivity index is 1.68. The number of aliphatic imine (C=N–C) groups is 1. The van der Waals surface area contributed by atoms with Crippen LogP contribution >= 0.6 is 0 Å². The van der Waals surface area contributed by atoms with Crippen LogP contribution in [0.3, 0.4) is 0 Å². The van der Waals surface area contributed by atoms with Crippen LogP contribution in [-0.2, 0) is 5.54 Å². The lowest BCUT2D eigenvalue weighted by Crippen LogP contribution is -2.37. The van der Waals surface area contributed by atoms with Crippen molar-refractivity contribution in [3.63, 3.8) is 0 Å². The van der Waals surface area contributed by atoms with E-state index in [2.05, 4.69) is 60.8 Å². The summed E-state index contributed by atoms with van der Waals surface area (Å²) < 4.78 is 6.12. The van der Waals surface area contributed by atoms with Gasteiger partial charge in [-0.3, -0.25) is 4.99 Å². The van der Waals surface area contributed by atoms with Crippen molar-refractivity contribution < 1.29 is 4.74 Å². The van der Waals surface area contributed by atoms with Crippen molar-refractivity contribution in [2.45, 2.75) is 31.5 Å². The molecule has 0 aromatic heterocycles. The van der Waals surface area contributed by atoms with Crippen molar-refractivity contribution in [1.29, 1.82) is 0 Å². The Bertz CT molecular complexity index is 909. The molecule has 27 heavy (non-hydrogen) atoms. The van der Waals surface area contributed by atoms with Crippen LogP contribution in [0.2, 0.25) is 0 Å². The summed E-state index contributed by atoms with van der Waals surface area (Å²) in [6, 6.07) is 30.9. The van der Waals surface area contributed by atoms with Crippen LogP contribution in [0.15, 0.2) is 96.0 Å². The topological polar surface area (TPSA) is 33.6 Å². The maximum Gasteiger partial charge on any atom is 0.152 e. The summed E-state index contributed by atoms with van der Waals surface area (Å²) in [5.74, 6) is 1.72. The molecule has 3 nitrogen and oxygen atoms in total. The van der Waals surface area contributed by atoms with Crippen molar-refractivity contribution >= 4 is 5.84 Å². The Morgan fingerprint density at radius 2 is 1.41 bits per heavy atom. The zero-order chi connectivity index (χ0) is 18.7. The first-order valence-electron chi connectivity index (χ1n) is 9.35. The molecule has 136 valence electrons. The van der Waals surface area contributed by atoms with Crippen LogP contribution < -0.4 is 10.1 Å². The van der Waals surface area contributed by atoms with E-state index in [1.807, 2.05) is 49.4 Å². The molecule has 0 saturated carbocycles. The number of nitrogens with one attached hydrogen (secondary N) is 1. The molecule has 1 unspecified atom stereocenters. The van der Waals surface area contributed by atoms with Crippen molar-refractivity contribution in [2.75, 3.05) is 0 Å². The summed E-state index contributed by atoms with van der Waals surface area (Å²) in [7, 11) is 0. The minimum Gasteiger partial charge on any atom is -0.483 e. The van der Waals surface area contributed by atoms with Crippen LogP contribution in [0.4, 0.5) is 0 Å². The fraction of sp³-hybridized carbons (Fsp3) is 0.208. The van der Waals surface area contributed by atoms with Gasteiger partial charge in [-0.25, -0.2) is 0 Å². The fourth-order valence-electron chi connectivity index (χ4n) is 3.66. The van der Waals surface area contributed by atoms with Gasteiger partial charge < -0.3 is 10.1 Å². The van der Waals surface area contributed by atoms with Crippen molar-refractivity contribution in [1.82, 2.24) is 5.32 Å². The summed E-state index contributed by atoms with van der Waals surface area (Å²) in [5, 5.41) is 3.64. The maximum absolute atomic E-state index is 6.12. The Kier molecular flexibility index (Phi) is 4.68. The molecule has 1 aliphatic heterocycles. The second-order valence-corrected chi connectivity index (χ2v) is 7.07. The molecule has 3 aromatic carbocycles. The molecule has 0 bridgehead atoms. The Morgan fingerprint density at radius 1 is 0.852 bits per heavy atom. The average Bonchev–Trinajstić information content (AvgIpc) is 3.09. The van der Waals surface area contributed by atoms with Crippen LogP contribution in [0.1, 0.15) is 31.0 Å². The third-order valence-electron chi connectivity index (χ3n) is 5.14. The number of para-hydroxylation sites is 1. The Labute approximate surface area is 160 Å². The number of ether oxygens (including phenoxy) is 1. The van der Waals surface area contributed by atoms with E-state index in [1.54, 1.807) is 0 Å². The Morgan fingerprint density at radius 3 is 2.04 bits per heavy atom. The highest BCUT2D eigenvalue weighted by atomic mass is 16.5. The van der Waals surface area contributed by atoms with Gasteiger partial charge in [0.1, 0.15) is 17.1 Å². The number of rotatable bonds is 5. The molecule has 0 fully saturated rings. The predicted octanol–water partition coefficient (Wildman–Crippen LogP) is 5.11. The second-order valence-electron chi connectivity index (χ2n) is 7.07. The van der Waals surface area contributed by atoms with Crippen molar-refractivity contribution in [3.05, 3.63) is 102 Å². The summed E-state index contributed by atoms with van der Waals surface area (Å²) in [6.45, 7) is 4.23. The first-order valence-corrected chi connectivity index (χ1v) is 9.35. The monoisotopic (exact) mass is 356 g/mol. The molecular formula is C24H24N2O. The number of hydrogen-bond donors (Lipinski definition) is 1. The third kappa shape index (κ3) is 3.45. The van der Waals surface area contributed by atoms with E-state index in [0.717, 1.165) is 11.6 Å². The highest BCUT2D eigenvalue weighted by Crippen LogP contribution is 2.42. The zero-order valence-corrected chi connectivity index (χ0v) is 15.7. The quantitative estimate of drug-likeness (QED) is 0.689. The molecule has 0 radical (unpaired) electrons. The maximum atomic E-state index is 6.12. The molecule has 0 amide bonds. The van der Waals surface area contributed by atoms with E-state index < -0.39 is 5.54 Å². The van der Waals surface area contributed by atoms with Crippen LogP contribution in [0, 0.1) is 0 Å². The molecule has 3 atom stereocenters. The van der Waals surface area contributed by atoms with Crippen molar-refractivity contribution in [2.24, 2.45) is 4.99 Å². The molecule has 1 aliphatic rings. The SMILES string of the molecule is CC(Oc1ccccc1)C1=N[C@@](C)(c2ccccc2)[C@@H](c2ccccc2)N1. The van der Waals surface area contributed by atoms with Gasteiger partial charge in [-0.05, 0) is 37.1 Å². The van der Waals surface area contributed by atoms with E-state index >= 15 is 0 Å². The van der Waals surface area contributed by atoms with Gasteiger partial charge in [0.15, 0.2) is 6.10 Å². The smallest absolute Gasteiger partial charge is 0.152 e. The largest absolute Gasteiger partial charge is 0.483 e. The highest BCUT2D eigenvalue weighted by molar-refractivity contribution is 5.89. The first-order chi connectivity index (χ1) is 13.2. The number of nitrogens with zero attached hydrogens (tertiary/aromatic N) is 1. The predicted molar refractivity (Wildman–Crippen MR) is 110 cm³/mol. The van der Waals surface area contributed by atoms with Crippen LogP contribution in [-0.4, -0.2) is 11.9 Å². The van der Waals surface area contributed by atoms with Gasteiger partial charge in [-0.15, -0.1) is 0 Å². The second kappa shape index (κ2) is 7.28. The van der Waals surface area contributed by atoms with Gasteiger partial charge in [0, 0.05) is 0 Å². The molecule has 0 spiro atoms. The highest BCUT2D eigenvalue weighted by Gasteiger charge is 2.43. The molecule has 0 saturated heterocycles. The first kappa shape index (κ1) is 17.3. The lowest BCUT2D eigenvalue weighted by atomic mass is 9.82. The normalized spacial score (nSPS) is 22.6. The summed E-state index contributed by atoms with van der Waals surface area (Å²) in [5.41, 5.74) is 2.01. The fourth-order valence-corrected chi connectivity index (χ4v) is 3.66. The summed E-state index contributed by atoms with van der Waals surface area (Å²) in [6.07, 6.45) is -0.163. The standard InChI is InChI=1S/C24H24N2O/c1-18(27-21-16-10-5-11-17-21)23-25-22(19-12-6-3-7-13-19)24(2,26-23)20-14-8-4-9-15-20/h3-18,22H,1-2H3,(H,25,26)/t18?,22-,24+/m1/s1. The molecule has 1 N–H and O–H groups in total. The lowest BCUT2D eigenvalue weighted by Gasteiger charge is -2.30. The number of amidine groups is 1. The summed E-state index contributed by atoms with van der Waals surface area (Å²) >= 11 is 0. The molecule has 3 heteroatoms. The third-order valence-corrected chi connectivity index (χ3v) is 5.14. The van der Waals surface area contributed by atoms with E-state index in [-0.39, 0.29) is 12.1 Å². The zero-order valence-electron chi connectivity index (χ0n) is 15.7. The van der Waals surface area contributed by atoms with E-state index in [9.17, 15) is 0 Å². The molecule has 3 aromatic rings. The molecule has 1 heterocycles. The average molecular weight is 356 g/mol. The van der Waals surface area contributed by atoms with Crippen LogP contribution in [0.25, 0.3) is 0 Å². The van der Waals surface area contributed by atoms with Gasteiger partial charge in [0.05, 0.1) is 6.04 Å². The van der Waals surface area contributed by atoms with Gasteiger partial charge in [0.25, 0.3) is 0 Å². The van der Waals surface area contributed by atoms with E-state index in [0.29, 0.717) is 0 Å². The molecular weight excluding hydrogens is 332 g/mol. The number of benzene rings is 3.